The monoisotopic (exact) mass is 771 g/mol. The fourth-order valence-electron chi connectivity index (χ4n) is 9.43. The summed E-state index contributed by atoms with van der Waals surface area (Å²) < 4.78 is 2.61. The maximum Gasteiger partial charge on any atom is 0.0467 e. The number of thiophene rings is 1. The van der Waals surface area contributed by atoms with Crippen LogP contribution in [0.3, 0.4) is 0 Å². The molecule has 59 heavy (non-hydrogen) atoms. The van der Waals surface area contributed by atoms with Crippen LogP contribution in [0, 0.1) is 0 Å². The van der Waals surface area contributed by atoms with Gasteiger partial charge in [-0.2, -0.15) is 0 Å². The first kappa shape index (κ1) is 35.2. The lowest BCUT2D eigenvalue weighted by Crippen LogP contribution is -2.16. The van der Waals surface area contributed by atoms with E-state index >= 15 is 0 Å². The van der Waals surface area contributed by atoms with Crippen molar-refractivity contribution in [3.63, 3.8) is 0 Å². The predicted octanol–water partition coefficient (Wildman–Crippen LogP) is 16.5. The van der Waals surface area contributed by atoms with Gasteiger partial charge in [-0.3, -0.25) is 0 Å². The van der Waals surface area contributed by atoms with E-state index < -0.39 is 0 Å². The van der Waals surface area contributed by atoms with Crippen molar-refractivity contribution in [2.24, 2.45) is 0 Å². The van der Waals surface area contributed by atoms with Crippen LogP contribution in [-0.2, 0) is 5.41 Å². The summed E-state index contributed by atoms with van der Waals surface area (Å²) in [5, 5.41) is 2.62. The van der Waals surface area contributed by atoms with Crippen molar-refractivity contribution < 1.29 is 0 Å². The number of hydrogen-bond acceptors (Lipinski definition) is 2. The van der Waals surface area contributed by atoms with Crippen molar-refractivity contribution in [1.82, 2.24) is 0 Å². The number of hydrogen-bond donors (Lipinski definition) is 0. The van der Waals surface area contributed by atoms with Crippen LogP contribution < -0.4 is 4.90 Å². The molecule has 1 nitrogen and oxygen atoms in total. The van der Waals surface area contributed by atoms with Crippen LogP contribution in [0.1, 0.15) is 25.0 Å². The van der Waals surface area contributed by atoms with Crippen LogP contribution in [0.4, 0.5) is 17.1 Å². The molecule has 0 saturated carbocycles. The molecule has 0 spiro atoms. The van der Waals surface area contributed by atoms with Gasteiger partial charge < -0.3 is 4.90 Å². The second-order valence-electron chi connectivity index (χ2n) is 16.1. The van der Waals surface area contributed by atoms with Gasteiger partial charge in [-0.05, 0) is 115 Å². The molecular formula is C57H41NS. The van der Waals surface area contributed by atoms with E-state index in [0.717, 1.165) is 17.1 Å². The van der Waals surface area contributed by atoms with Crippen LogP contribution in [-0.4, -0.2) is 0 Å². The molecule has 1 aromatic heterocycles. The fraction of sp³-hybridized carbons (Fsp3) is 0.0526. The zero-order valence-corrected chi connectivity index (χ0v) is 33.9. The Morgan fingerprint density at radius 1 is 0.356 bits per heavy atom. The molecule has 11 rings (SSSR count). The highest BCUT2D eigenvalue weighted by Crippen LogP contribution is 2.52. The molecule has 0 bridgehead atoms. The Morgan fingerprint density at radius 3 is 1.73 bits per heavy atom. The minimum Gasteiger partial charge on any atom is -0.310 e. The van der Waals surface area contributed by atoms with Gasteiger partial charge in [0.25, 0.3) is 0 Å². The molecule has 0 radical (unpaired) electrons. The number of fused-ring (bicyclic) bond motifs is 6. The lowest BCUT2D eigenvalue weighted by atomic mass is 9.82. The minimum atomic E-state index is -0.111. The highest BCUT2D eigenvalue weighted by molar-refractivity contribution is 7.26. The van der Waals surface area contributed by atoms with Crippen LogP contribution in [0.15, 0.2) is 212 Å². The van der Waals surface area contributed by atoms with Crippen LogP contribution in [0.5, 0.6) is 0 Å². The van der Waals surface area contributed by atoms with Gasteiger partial charge in [0.05, 0.1) is 0 Å². The molecule has 0 amide bonds. The maximum absolute atomic E-state index is 2.43. The number of benzene rings is 9. The van der Waals surface area contributed by atoms with Gasteiger partial charge in [-0.1, -0.05) is 178 Å². The van der Waals surface area contributed by atoms with Gasteiger partial charge in [0.15, 0.2) is 0 Å². The van der Waals surface area contributed by atoms with Crippen LogP contribution in [0.2, 0.25) is 0 Å². The third-order valence-electron chi connectivity index (χ3n) is 12.3. The summed E-state index contributed by atoms with van der Waals surface area (Å²) in [7, 11) is 0. The Kier molecular flexibility index (Phi) is 8.43. The summed E-state index contributed by atoms with van der Waals surface area (Å²) in [6.45, 7) is 4.72. The minimum absolute atomic E-state index is 0.111. The van der Waals surface area contributed by atoms with E-state index in [1.54, 1.807) is 0 Å². The second kappa shape index (κ2) is 14.1. The van der Waals surface area contributed by atoms with Crippen LogP contribution >= 0.6 is 11.3 Å². The zero-order valence-electron chi connectivity index (χ0n) is 33.1. The average Bonchev–Trinajstić information content (AvgIpc) is 3.79. The SMILES string of the molecule is CC1(C)c2ccccc2-c2ccc(N(c3ccc(-c4ccc5sc6ccccc6c5c4-c4ccccc4-c4ccccc4)cc3)c3cccc(-c4ccccc4)c3)cc21. The molecule has 2 heteroatoms. The van der Waals surface area contributed by atoms with Gasteiger partial charge in [0.1, 0.15) is 0 Å². The van der Waals surface area contributed by atoms with Gasteiger partial charge in [-0.15, -0.1) is 11.3 Å². The summed E-state index contributed by atoms with van der Waals surface area (Å²) in [5.74, 6) is 0. The normalized spacial score (nSPS) is 12.7. The van der Waals surface area contributed by atoms with Crippen molar-refractivity contribution in [2.45, 2.75) is 19.3 Å². The van der Waals surface area contributed by atoms with E-state index in [0.29, 0.717) is 0 Å². The van der Waals surface area contributed by atoms with E-state index in [9.17, 15) is 0 Å². The molecule has 0 fully saturated rings. The predicted molar refractivity (Wildman–Crippen MR) is 253 cm³/mol. The third kappa shape index (κ3) is 5.91. The lowest BCUT2D eigenvalue weighted by molar-refractivity contribution is 0.660. The first-order valence-electron chi connectivity index (χ1n) is 20.4. The highest BCUT2D eigenvalue weighted by atomic mass is 32.1. The standard InChI is InChI=1S/C57H41NS/c1-57(2)51-26-13-11-23-47(51)48-33-32-44(37-52(48)57)58(43-21-15-20-41(36-43)38-16-5-3-6-17-38)42-30-28-40(29-31-42)46-34-35-54-56(50-25-12-14-27-53(50)59-54)55(46)49-24-10-9-22-45(49)39-18-7-4-8-19-39/h3-37H,1-2H3. The van der Waals surface area contributed by atoms with Crippen molar-refractivity contribution in [1.29, 1.82) is 0 Å². The van der Waals surface area contributed by atoms with E-state index in [2.05, 4.69) is 231 Å². The van der Waals surface area contributed by atoms with Crippen molar-refractivity contribution in [2.75, 3.05) is 4.90 Å². The summed E-state index contributed by atoms with van der Waals surface area (Å²) >= 11 is 1.87. The third-order valence-corrected chi connectivity index (χ3v) is 13.4. The summed E-state index contributed by atoms with van der Waals surface area (Å²) in [5.41, 5.74) is 18.4. The van der Waals surface area contributed by atoms with E-state index in [-0.39, 0.29) is 5.41 Å². The molecule has 10 aromatic rings. The van der Waals surface area contributed by atoms with Crippen LogP contribution in [0.25, 0.3) is 75.8 Å². The molecule has 1 aliphatic rings. The van der Waals surface area contributed by atoms with Crippen molar-refractivity contribution in [3.8, 4) is 55.6 Å². The van der Waals surface area contributed by atoms with Gasteiger partial charge in [0.2, 0.25) is 0 Å². The first-order chi connectivity index (χ1) is 29.0. The van der Waals surface area contributed by atoms with E-state index in [1.807, 2.05) is 11.3 Å². The summed E-state index contributed by atoms with van der Waals surface area (Å²) in [6, 6.07) is 78.1. The number of anilines is 3. The lowest BCUT2D eigenvalue weighted by Gasteiger charge is -2.28. The highest BCUT2D eigenvalue weighted by Gasteiger charge is 2.35. The first-order valence-corrected chi connectivity index (χ1v) is 21.2. The Hall–Kier alpha value is -7.00. The maximum atomic E-state index is 2.43. The molecule has 0 atom stereocenters. The van der Waals surface area contributed by atoms with Crippen molar-refractivity contribution >= 4 is 48.6 Å². The zero-order chi connectivity index (χ0) is 39.5. The molecule has 1 heterocycles. The molecule has 280 valence electrons. The second-order valence-corrected chi connectivity index (χ2v) is 17.2. The Bertz CT molecular complexity index is 3170. The molecular weight excluding hydrogens is 731 g/mol. The fourth-order valence-corrected chi connectivity index (χ4v) is 10.5. The van der Waals surface area contributed by atoms with Gasteiger partial charge in [0, 0.05) is 42.6 Å². The molecule has 0 aliphatic heterocycles. The average molecular weight is 772 g/mol. The topological polar surface area (TPSA) is 3.24 Å². The smallest absolute Gasteiger partial charge is 0.0467 e. The van der Waals surface area contributed by atoms with E-state index in [1.165, 1.54) is 86.9 Å². The van der Waals surface area contributed by atoms with Gasteiger partial charge in [-0.25, -0.2) is 0 Å². The quantitative estimate of drug-likeness (QED) is 0.156. The molecule has 0 N–H and O–H groups in total. The largest absolute Gasteiger partial charge is 0.310 e. The number of rotatable bonds is 7. The summed E-state index contributed by atoms with van der Waals surface area (Å²) in [6.07, 6.45) is 0. The van der Waals surface area contributed by atoms with Crippen molar-refractivity contribution in [3.05, 3.63) is 223 Å². The molecule has 1 aliphatic carbocycles. The Labute approximate surface area is 350 Å². The molecule has 0 saturated heterocycles. The molecule has 9 aromatic carbocycles. The summed E-state index contributed by atoms with van der Waals surface area (Å²) in [4.78, 5) is 2.43. The van der Waals surface area contributed by atoms with E-state index in [4.69, 9.17) is 0 Å². The molecule has 0 unspecified atom stereocenters. The van der Waals surface area contributed by atoms with Gasteiger partial charge >= 0.3 is 0 Å². The Morgan fingerprint density at radius 2 is 0.932 bits per heavy atom. The Balaban J connectivity index is 1.09. The number of nitrogens with zero attached hydrogens (tertiary/aromatic N) is 1.